The molecule has 0 aromatic rings. The Morgan fingerprint density at radius 2 is 1.93 bits per heavy atom. The number of carbonyl (C=O) groups is 1. The summed E-state index contributed by atoms with van der Waals surface area (Å²) in [6.45, 7) is 6.10. The summed E-state index contributed by atoms with van der Waals surface area (Å²) in [6.07, 6.45) is -3.53. The number of halogens is 2. The molecule has 0 atom stereocenters. The quantitative estimate of drug-likeness (QED) is 0.558. The van der Waals surface area contributed by atoms with Crippen LogP contribution in [0.5, 0.6) is 0 Å². The molecule has 82 valence electrons. The van der Waals surface area contributed by atoms with Crippen molar-refractivity contribution in [3.63, 3.8) is 0 Å². The first-order valence-electron chi connectivity index (χ1n) is 4.03. The maximum atomic E-state index is 11.9. The zero-order chi connectivity index (χ0) is 11.4. The highest BCUT2D eigenvalue weighted by Crippen LogP contribution is 2.06. The maximum Gasteiger partial charge on any atom is 0.428 e. The van der Waals surface area contributed by atoms with E-state index in [0.29, 0.717) is 0 Å². The molecule has 0 aliphatic rings. The van der Waals surface area contributed by atoms with Crippen LogP contribution in [-0.4, -0.2) is 23.8 Å². The number of alkyl halides is 2. The van der Waals surface area contributed by atoms with Crippen LogP contribution in [0.25, 0.3) is 0 Å². The van der Waals surface area contributed by atoms with Gasteiger partial charge in [0.15, 0.2) is 0 Å². The molecule has 0 fully saturated rings. The van der Waals surface area contributed by atoms with E-state index < -0.39 is 23.8 Å². The number of hydrogen-bond acceptors (Lipinski definition) is 3. The molecule has 0 unspecified atom stereocenters. The van der Waals surface area contributed by atoms with Crippen molar-refractivity contribution in [3.8, 4) is 0 Å². The zero-order valence-electron chi connectivity index (χ0n) is 8.60. The third kappa shape index (κ3) is 6.33. The molecule has 0 rings (SSSR count). The van der Waals surface area contributed by atoms with E-state index in [1.54, 1.807) is 20.8 Å². The molecule has 1 amide bonds. The Hall–Kier alpha value is -1.20. The van der Waals surface area contributed by atoms with Crippen LogP contribution >= 0.6 is 0 Å². The van der Waals surface area contributed by atoms with E-state index in [2.05, 4.69) is 5.10 Å². The van der Waals surface area contributed by atoms with E-state index in [-0.39, 0.29) is 0 Å². The molecule has 1 N–H and O–H groups in total. The van der Waals surface area contributed by atoms with Crippen LogP contribution in [0, 0.1) is 0 Å². The van der Waals surface area contributed by atoms with Gasteiger partial charge in [-0.2, -0.15) is 5.10 Å². The second kappa shape index (κ2) is 4.88. The Kier molecular flexibility index (Phi) is 4.46. The molecule has 4 nitrogen and oxygen atoms in total. The Labute approximate surface area is 81.3 Å². The molecule has 14 heavy (non-hydrogen) atoms. The molecule has 0 bridgehead atoms. The van der Waals surface area contributed by atoms with Gasteiger partial charge in [-0.25, -0.2) is 19.0 Å². The lowest BCUT2D eigenvalue weighted by atomic mass is 10.2. The van der Waals surface area contributed by atoms with Crippen LogP contribution < -0.4 is 5.43 Å². The van der Waals surface area contributed by atoms with Crippen molar-refractivity contribution in [1.82, 2.24) is 5.43 Å². The lowest BCUT2D eigenvalue weighted by Gasteiger charge is -2.18. The molecule has 0 aliphatic heterocycles. The molecule has 0 saturated heterocycles. The van der Waals surface area contributed by atoms with Gasteiger partial charge in [0, 0.05) is 0 Å². The summed E-state index contributed by atoms with van der Waals surface area (Å²) in [6, 6.07) is 0. The van der Waals surface area contributed by atoms with E-state index in [4.69, 9.17) is 4.74 Å². The van der Waals surface area contributed by atoms with Gasteiger partial charge in [-0.3, -0.25) is 0 Å². The van der Waals surface area contributed by atoms with Crippen molar-refractivity contribution in [2.24, 2.45) is 5.10 Å². The van der Waals surface area contributed by atoms with Crippen LogP contribution in [0.2, 0.25) is 0 Å². The van der Waals surface area contributed by atoms with Crippen molar-refractivity contribution < 1.29 is 18.3 Å². The summed E-state index contributed by atoms with van der Waals surface area (Å²) in [7, 11) is 0. The summed E-state index contributed by atoms with van der Waals surface area (Å²) < 4.78 is 28.6. The molecule has 0 spiro atoms. The Bertz CT molecular complexity index is 234. The van der Waals surface area contributed by atoms with Crippen molar-refractivity contribution in [3.05, 3.63) is 0 Å². The summed E-state index contributed by atoms with van der Waals surface area (Å²) >= 11 is 0. The van der Waals surface area contributed by atoms with Gasteiger partial charge in [-0.15, -0.1) is 0 Å². The van der Waals surface area contributed by atoms with Crippen molar-refractivity contribution in [1.29, 1.82) is 0 Å². The highest BCUT2D eigenvalue weighted by Gasteiger charge is 2.16. The Balaban J connectivity index is 4.04. The van der Waals surface area contributed by atoms with Gasteiger partial charge in [0.2, 0.25) is 0 Å². The molecular weight excluding hydrogens is 194 g/mol. The molecule has 0 aromatic heterocycles. The van der Waals surface area contributed by atoms with E-state index in [9.17, 15) is 13.6 Å². The average molecular weight is 208 g/mol. The summed E-state index contributed by atoms with van der Waals surface area (Å²) in [5, 5.41) is 3.15. The highest BCUT2D eigenvalue weighted by molar-refractivity contribution is 5.85. The second-order valence-corrected chi connectivity index (χ2v) is 3.67. The fourth-order valence-electron chi connectivity index (χ4n) is 0.484. The minimum atomic E-state index is -2.68. The van der Waals surface area contributed by atoms with Crippen LogP contribution in [0.15, 0.2) is 5.10 Å². The van der Waals surface area contributed by atoms with Gasteiger partial charge in [0.05, 0.1) is 0 Å². The third-order valence-electron chi connectivity index (χ3n) is 1.04. The highest BCUT2D eigenvalue weighted by atomic mass is 19.3. The number of rotatable bonds is 2. The normalized spacial score (nSPS) is 12.9. The molecule has 0 aliphatic carbocycles. The molecule has 0 heterocycles. The van der Waals surface area contributed by atoms with Gasteiger partial charge >= 0.3 is 6.09 Å². The SMILES string of the molecule is CC(=NNC(=O)OC(C)(C)C)C(F)F. The molecular formula is C8H14F2N2O2. The van der Waals surface area contributed by atoms with Crippen LogP contribution in [-0.2, 0) is 4.74 Å². The predicted molar refractivity (Wildman–Crippen MR) is 48.5 cm³/mol. The number of hydrazone groups is 1. The van der Waals surface area contributed by atoms with Crippen LogP contribution in [0.1, 0.15) is 27.7 Å². The maximum absolute atomic E-state index is 11.9. The minimum absolute atomic E-state index is 0.462. The smallest absolute Gasteiger partial charge is 0.428 e. The number of ether oxygens (including phenoxy) is 1. The monoisotopic (exact) mass is 208 g/mol. The summed E-state index contributed by atoms with van der Waals surface area (Å²) in [4.78, 5) is 10.9. The molecule has 6 heteroatoms. The number of carbonyl (C=O) groups excluding carboxylic acids is 1. The molecule has 0 saturated carbocycles. The average Bonchev–Trinajstić information content (AvgIpc) is 1.96. The summed E-state index contributed by atoms with van der Waals surface area (Å²) in [5.41, 5.74) is 0.737. The minimum Gasteiger partial charge on any atom is -0.443 e. The topological polar surface area (TPSA) is 50.7 Å². The van der Waals surface area contributed by atoms with Crippen molar-refractivity contribution in [2.45, 2.75) is 39.7 Å². The van der Waals surface area contributed by atoms with Crippen molar-refractivity contribution in [2.75, 3.05) is 0 Å². The largest absolute Gasteiger partial charge is 0.443 e. The van der Waals surface area contributed by atoms with Gasteiger partial charge in [0.1, 0.15) is 11.3 Å². The van der Waals surface area contributed by atoms with Crippen molar-refractivity contribution >= 4 is 11.8 Å². The fraction of sp³-hybridized carbons (Fsp3) is 0.750. The summed E-state index contributed by atoms with van der Waals surface area (Å²) in [5.74, 6) is 0. The Morgan fingerprint density at radius 3 is 2.29 bits per heavy atom. The van der Waals surface area contributed by atoms with E-state index in [1.807, 2.05) is 5.43 Å². The predicted octanol–water partition coefficient (Wildman–Crippen LogP) is 2.15. The number of nitrogens with one attached hydrogen (secondary N) is 1. The van der Waals surface area contributed by atoms with Gasteiger partial charge in [0.25, 0.3) is 6.43 Å². The third-order valence-corrected chi connectivity index (χ3v) is 1.04. The first-order valence-corrected chi connectivity index (χ1v) is 4.03. The number of amides is 1. The number of hydrogen-bond donors (Lipinski definition) is 1. The second-order valence-electron chi connectivity index (χ2n) is 3.67. The number of nitrogens with zero attached hydrogens (tertiary/aromatic N) is 1. The van der Waals surface area contributed by atoms with E-state index in [1.165, 1.54) is 0 Å². The van der Waals surface area contributed by atoms with Gasteiger partial charge in [-0.1, -0.05) is 0 Å². The molecule has 0 radical (unpaired) electrons. The first-order chi connectivity index (χ1) is 6.22. The fourth-order valence-corrected chi connectivity index (χ4v) is 0.484. The standard InChI is InChI=1S/C8H14F2N2O2/c1-5(6(9)10)11-12-7(13)14-8(2,3)4/h6H,1-4H3,(H,12,13). The Morgan fingerprint density at radius 1 is 1.43 bits per heavy atom. The van der Waals surface area contributed by atoms with E-state index in [0.717, 1.165) is 6.92 Å². The molecule has 0 aromatic carbocycles. The lowest BCUT2D eigenvalue weighted by molar-refractivity contribution is 0.0528. The first kappa shape index (κ1) is 12.8. The van der Waals surface area contributed by atoms with E-state index >= 15 is 0 Å². The lowest BCUT2D eigenvalue weighted by Crippen LogP contribution is -2.30. The van der Waals surface area contributed by atoms with Gasteiger partial charge in [-0.05, 0) is 27.7 Å². The zero-order valence-corrected chi connectivity index (χ0v) is 8.60. The van der Waals surface area contributed by atoms with Crippen LogP contribution in [0.3, 0.4) is 0 Å². The van der Waals surface area contributed by atoms with Crippen LogP contribution in [0.4, 0.5) is 13.6 Å². The van der Waals surface area contributed by atoms with Gasteiger partial charge < -0.3 is 4.74 Å².